The van der Waals surface area contributed by atoms with Crippen LogP contribution >= 0.6 is 0 Å². The first kappa shape index (κ1) is 43.7. The van der Waals surface area contributed by atoms with E-state index in [4.69, 9.17) is 9.47 Å². The van der Waals surface area contributed by atoms with Gasteiger partial charge in [-0.1, -0.05) is 176 Å². The van der Waals surface area contributed by atoms with Crippen molar-refractivity contribution in [2.45, 2.75) is 0 Å². The fourth-order valence-electron chi connectivity index (χ4n) is 10.7. The van der Waals surface area contributed by atoms with Gasteiger partial charge in [0.1, 0.15) is 0 Å². The Labute approximate surface area is 436 Å². The maximum atomic E-state index is 6.25. The molecule has 0 atom stereocenters. The van der Waals surface area contributed by atoms with Crippen molar-refractivity contribution in [3.63, 3.8) is 0 Å². The second-order valence-corrected chi connectivity index (χ2v) is 19.0. The monoisotopic (exact) mass is 961 g/mol. The van der Waals surface area contributed by atoms with Crippen LogP contribution in [0, 0.1) is 0 Å². The lowest BCUT2D eigenvalue weighted by Gasteiger charge is -2.32. The average molecular weight is 962 g/mol. The molecule has 0 radical (unpaired) electrons. The highest BCUT2D eigenvalue weighted by molar-refractivity contribution is 5.91. The molecule has 0 aromatic heterocycles. The molecule has 2 heterocycles. The zero-order valence-corrected chi connectivity index (χ0v) is 40.8. The first-order valence-electron chi connectivity index (χ1n) is 25.4. The van der Waals surface area contributed by atoms with E-state index >= 15 is 0 Å². The summed E-state index contributed by atoms with van der Waals surface area (Å²) >= 11 is 0. The Morgan fingerprint density at radius 3 is 0.840 bits per heavy atom. The standard InChI is InChI=1S/C70H47N3O2/c1-2-12-57-47-62(46-37-48(57)11-1)71(58-38-29-53(30-39-58)49-21-25-51(26-22-49)55-33-42-60(43-34-55)72-63-13-3-7-17-67(63)74-68-18-8-4-14-64(68)72)59-40-31-54(32-41-59)50-23-27-52(28-24-50)56-35-44-61(45-36-56)73-65-15-5-9-19-69(65)75-70-20-10-6-16-66(70)73/h1-47H. The van der Waals surface area contributed by atoms with Gasteiger partial charge in [-0.25, -0.2) is 0 Å². The van der Waals surface area contributed by atoms with E-state index in [-0.39, 0.29) is 0 Å². The Morgan fingerprint density at radius 1 is 0.227 bits per heavy atom. The minimum atomic E-state index is 0.848. The molecule has 75 heavy (non-hydrogen) atoms. The van der Waals surface area contributed by atoms with Gasteiger partial charge in [-0.2, -0.15) is 0 Å². The van der Waals surface area contributed by atoms with E-state index in [1.807, 2.05) is 48.5 Å². The molecule has 0 N–H and O–H groups in total. The normalized spacial score (nSPS) is 12.2. The van der Waals surface area contributed by atoms with Crippen LogP contribution in [0.15, 0.2) is 285 Å². The van der Waals surface area contributed by atoms with Gasteiger partial charge in [-0.15, -0.1) is 0 Å². The van der Waals surface area contributed by atoms with E-state index in [0.717, 1.165) is 96.4 Å². The van der Waals surface area contributed by atoms with E-state index in [1.54, 1.807) is 0 Å². The lowest BCUT2D eigenvalue weighted by molar-refractivity contribution is 0.477. The fraction of sp³-hybridized carbons (Fsp3) is 0. The van der Waals surface area contributed by atoms with Gasteiger partial charge in [0, 0.05) is 28.4 Å². The number of para-hydroxylation sites is 8. The maximum Gasteiger partial charge on any atom is 0.151 e. The molecule has 5 nitrogen and oxygen atoms in total. The Morgan fingerprint density at radius 2 is 0.493 bits per heavy atom. The van der Waals surface area contributed by atoms with Crippen LogP contribution < -0.4 is 24.2 Å². The molecule has 0 saturated carbocycles. The Bertz CT molecular complexity index is 3720. The van der Waals surface area contributed by atoms with Gasteiger partial charge in [-0.05, 0) is 164 Å². The van der Waals surface area contributed by atoms with Crippen LogP contribution in [0.1, 0.15) is 0 Å². The van der Waals surface area contributed by atoms with Gasteiger partial charge in [0.15, 0.2) is 23.0 Å². The van der Waals surface area contributed by atoms with Crippen molar-refractivity contribution >= 4 is 62.0 Å². The number of fused-ring (bicyclic) bond motifs is 5. The molecule has 0 unspecified atom stereocenters. The topological polar surface area (TPSA) is 28.2 Å². The molecule has 12 aromatic carbocycles. The third kappa shape index (κ3) is 8.10. The SMILES string of the molecule is c1ccc2c(c1)Oc1ccccc1N2c1ccc(-c2ccc(-c3ccc(N(c4ccc(-c5ccc(-c6ccc(N7c8ccccc8Oc8ccccc87)cc6)cc5)cc4)c4ccc5ccccc5c4)cc3)cc2)cc1. The van der Waals surface area contributed by atoms with Crippen molar-refractivity contribution in [3.05, 3.63) is 285 Å². The van der Waals surface area contributed by atoms with Crippen LogP contribution in [0.25, 0.3) is 55.3 Å². The maximum absolute atomic E-state index is 6.25. The second-order valence-electron chi connectivity index (χ2n) is 19.0. The van der Waals surface area contributed by atoms with Crippen LogP contribution in [0.5, 0.6) is 23.0 Å². The average Bonchev–Trinajstić information content (AvgIpc) is 3.49. The molecule has 0 fully saturated rings. The lowest BCUT2D eigenvalue weighted by Crippen LogP contribution is -2.15. The van der Waals surface area contributed by atoms with Crippen molar-refractivity contribution in [1.29, 1.82) is 0 Å². The molecule has 0 amide bonds. The van der Waals surface area contributed by atoms with E-state index in [1.165, 1.54) is 33.0 Å². The molecule has 0 saturated heterocycles. The van der Waals surface area contributed by atoms with E-state index < -0.39 is 0 Å². The van der Waals surface area contributed by atoms with Crippen molar-refractivity contribution in [2.24, 2.45) is 0 Å². The van der Waals surface area contributed by atoms with Crippen molar-refractivity contribution < 1.29 is 9.47 Å². The molecule has 0 aliphatic carbocycles. The van der Waals surface area contributed by atoms with Gasteiger partial charge < -0.3 is 24.2 Å². The summed E-state index contributed by atoms with van der Waals surface area (Å²) in [5.41, 5.74) is 18.8. The van der Waals surface area contributed by atoms with Crippen LogP contribution in [-0.4, -0.2) is 0 Å². The number of nitrogens with zero attached hydrogens (tertiary/aromatic N) is 3. The highest BCUT2D eigenvalue weighted by atomic mass is 16.5. The molecule has 0 bridgehead atoms. The lowest BCUT2D eigenvalue weighted by atomic mass is 9.99. The first-order chi connectivity index (χ1) is 37.1. The Balaban J connectivity index is 0.705. The van der Waals surface area contributed by atoms with E-state index in [0.29, 0.717) is 0 Å². The van der Waals surface area contributed by atoms with Crippen LogP contribution in [0.2, 0.25) is 0 Å². The Kier molecular flexibility index (Phi) is 10.8. The van der Waals surface area contributed by atoms with Crippen LogP contribution in [-0.2, 0) is 0 Å². The van der Waals surface area contributed by atoms with Gasteiger partial charge >= 0.3 is 0 Å². The molecule has 2 aliphatic heterocycles. The smallest absolute Gasteiger partial charge is 0.151 e. The molecule has 2 aliphatic rings. The summed E-state index contributed by atoms with van der Waals surface area (Å²) in [4.78, 5) is 6.89. The fourth-order valence-corrected chi connectivity index (χ4v) is 10.7. The highest BCUT2D eigenvalue weighted by Gasteiger charge is 2.27. The zero-order valence-electron chi connectivity index (χ0n) is 40.8. The summed E-state index contributed by atoms with van der Waals surface area (Å²) in [6, 6.07) is 101. The Hall–Kier alpha value is -10.1. The van der Waals surface area contributed by atoms with E-state index in [9.17, 15) is 0 Å². The molecular weight excluding hydrogens is 915 g/mol. The van der Waals surface area contributed by atoms with Gasteiger partial charge in [0.05, 0.1) is 22.7 Å². The number of hydrogen-bond donors (Lipinski definition) is 0. The summed E-state index contributed by atoms with van der Waals surface area (Å²) in [6.45, 7) is 0. The largest absolute Gasteiger partial charge is 0.453 e. The molecular formula is C70H47N3O2. The van der Waals surface area contributed by atoms with Gasteiger partial charge in [-0.3, -0.25) is 0 Å². The third-order valence-corrected chi connectivity index (χ3v) is 14.5. The predicted octanol–water partition coefficient (Wildman–Crippen LogP) is 20.1. The molecule has 0 spiro atoms. The minimum absolute atomic E-state index is 0.848. The minimum Gasteiger partial charge on any atom is -0.453 e. The first-order valence-corrected chi connectivity index (χ1v) is 25.4. The van der Waals surface area contributed by atoms with Gasteiger partial charge in [0.2, 0.25) is 0 Å². The summed E-state index contributed by atoms with van der Waals surface area (Å²) < 4.78 is 12.5. The third-order valence-electron chi connectivity index (χ3n) is 14.5. The van der Waals surface area contributed by atoms with Crippen LogP contribution in [0.4, 0.5) is 51.2 Å². The summed E-state index contributed by atoms with van der Waals surface area (Å²) in [6.07, 6.45) is 0. The van der Waals surface area contributed by atoms with Gasteiger partial charge in [0.25, 0.3) is 0 Å². The highest BCUT2D eigenvalue weighted by Crippen LogP contribution is 2.52. The summed E-state index contributed by atoms with van der Waals surface area (Å²) in [5, 5.41) is 2.42. The molecule has 12 aromatic rings. The molecule has 5 heteroatoms. The number of ether oxygens (including phenoxy) is 2. The molecule has 354 valence electrons. The number of hydrogen-bond acceptors (Lipinski definition) is 5. The second kappa shape index (κ2) is 18.5. The zero-order chi connectivity index (χ0) is 49.7. The number of rotatable bonds is 9. The number of anilines is 9. The van der Waals surface area contributed by atoms with Crippen molar-refractivity contribution in [3.8, 4) is 67.5 Å². The summed E-state index contributed by atoms with van der Waals surface area (Å²) in [5.74, 6) is 3.39. The van der Waals surface area contributed by atoms with Crippen LogP contribution in [0.3, 0.4) is 0 Å². The molecule has 14 rings (SSSR count). The predicted molar refractivity (Wildman–Crippen MR) is 310 cm³/mol. The van der Waals surface area contributed by atoms with E-state index in [2.05, 4.69) is 251 Å². The quantitative estimate of drug-likeness (QED) is 0.144. The van der Waals surface area contributed by atoms with Crippen molar-refractivity contribution in [2.75, 3.05) is 14.7 Å². The van der Waals surface area contributed by atoms with Crippen molar-refractivity contribution in [1.82, 2.24) is 0 Å². The number of benzene rings is 12. The summed E-state index contributed by atoms with van der Waals surface area (Å²) in [7, 11) is 0.